The molecular formula is C29H32N4O9. The van der Waals surface area contributed by atoms with Crippen molar-refractivity contribution in [1.82, 2.24) is 10.1 Å². The van der Waals surface area contributed by atoms with Crippen molar-refractivity contribution in [2.75, 3.05) is 10.2 Å². The number of ether oxygens (including phenoxy) is 2. The summed E-state index contributed by atoms with van der Waals surface area (Å²) in [6, 6.07) is 10.7. The summed E-state index contributed by atoms with van der Waals surface area (Å²) in [5, 5.41) is 16.5. The van der Waals surface area contributed by atoms with Crippen molar-refractivity contribution in [2.24, 2.45) is 5.92 Å². The minimum absolute atomic E-state index is 0.0512. The van der Waals surface area contributed by atoms with Gasteiger partial charge in [0.1, 0.15) is 11.2 Å². The Morgan fingerprint density at radius 1 is 0.976 bits per heavy atom. The number of aliphatic carboxylic acids is 1. The van der Waals surface area contributed by atoms with Crippen LogP contribution in [0, 0.1) is 5.92 Å². The number of aromatic nitrogens is 1. The number of fused-ring (bicyclic) bond motifs is 1. The number of carbonyl (C=O) groups excluding carboxylic acids is 4. The first kappa shape index (κ1) is 30.0. The van der Waals surface area contributed by atoms with E-state index in [0.717, 1.165) is 0 Å². The van der Waals surface area contributed by atoms with Gasteiger partial charge < -0.3 is 24.4 Å². The molecule has 13 heteroatoms. The third-order valence-corrected chi connectivity index (χ3v) is 6.05. The van der Waals surface area contributed by atoms with Gasteiger partial charge >= 0.3 is 24.2 Å². The molecule has 0 spiro atoms. The number of nitrogens with zero attached hydrogens (tertiary/aromatic N) is 3. The number of carbonyl (C=O) groups is 5. The second-order valence-electron chi connectivity index (χ2n) is 11.7. The lowest BCUT2D eigenvalue weighted by Gasteiger charge is -2.42. The number of benzene rings is 2. The summed E-state index contributed by atoms with van der Waals surface area (Å²) < 4.78 is 16.2. The molecule has 0 bridgehead atoms. The molecule has 2 aromatic carbocycles. The third kappa shape index (κ3) is 6.51. The van der Waals surface area contributed by atoms with Crippen molar-refractivity contribution in [3.05, 3.63) is 54.1 Å². The minimum atomic E-state index is -1.40. The minimum Gasteiger partial charge on any atom is -0.480 e. The maximum absolute atomic E-state index is 13.1. The SMILES string of the molecule is CC(C)(C)OC(=O)N(C(=O)OC(C)(C)C)c1noc2ccc(CC3C(=O)N(C(=O)Nc4ccccc4)C3C(=O)O)cc12. The number of anilines is 2. The number of urea groups is 1. The van der Waals surface area contributed by atoms with Gasteiger partial charge in [-0.2, -0.15) is 4.90 Å². The van der Waals surface area contributed by atoms with Crippen LogP contribution in [0.1, 0.15) is 47.1 Å². The first-order valence-corrected chi connectivity index (χ1v) is 13.1. The summed E-state index contributed by atoms with van der Waals surface area (Å²) in [6.45, 7) is 9.80. The number of nitrogens with one attached hydrogen (secondary N) is 1. The zero-order chi connectivity index (χ0) is 31.0. The predicted molar refractivity (Wildman–Crippen MR) is 150 cm³/mol. The number of amides is 5. The molecule has 3 aromatic rings. The van der Waals surface area contributed by atoms with Crippen LogP contribution in [-0.4, -0.2) is 62.5 Å². The molecule has 2 heterocycles. The maximum atomic E-state index is 13.1. The Kier molecular flexibility index (Phi) is 7.97. The Morgan fingerprint density at radius 3 is 2.12 bits per heavy atom. The number of para-hydroxylation sites is 1. The van der Waals surface area contributed by atoms with Gasteiger partial charge in [-0.25, -0.2) is 24.1 Å². The molecule has 5 amide bonds. The van der Waals surface area contributed by atoms with E-state index in [1.54, 1.807) is 77.9 Å². The number of β-lactam (4-membered cyclic amide) rings is 1. The van der Waals surface area contributed by atoms with Crippen LogP contribution in [0.25, 0.3) is 11.0 Å². The highest BCUT2D eigenvalue weighted by Gasteiger charge is 2.54. The predicted octanol–water partition coefficient (Wildman–Crippen LogP) is 5.19. The summed E-state index contributed by atoms with van der Waals surface area (Å²) >= 11 is 0. The molecule has 13 nitrogen and oxygen atoms in total. The van der Waals surface area contributed by atoms with Crippen molar-refractivity contribution >= 4 is 52.6 Å². The molecule has 0 saturated carbocycles. The number of rotatable bonds is 5. The highest BCUT2D eigenvalue weighted by Crippen LogP contribution is 2.34. The Balaban J connectivity index is 1.62. The molecule has 1 fully saturated rings. The van der Waals surface area contributed by atoms with Crippen molar-refractivity contribution < 1.29 is 43.1 Å². The van der Waals surface area contributed by atoms with E-state index < -0.39 is 53.3 Å². The fourth-order valence-electron chi connectivity index (χ4n) is 4.34. The molecule has 0 aliphatic carbocycles. The fourth-order valence-corrected chi connectivity index (χ4v) is 4.34. The smallest absolute Gasteiger partial charge is 0.425 e. The van der Waals surface area contributed by atoms with Crippen LogP contribution >= 0.6 is 0 Å². The lowest BCUT2D eigenvalue weighted by Crippen LogP contribution is -2.67. The van der Waals surface area contributed by atoms with Gasteiger partial charge in [-0.1, -0.05) is 29.4 Å². The summed E-state index contributed by atoms with van der Waals surface area (Å²) in [4.78, 5) is 65.3. The number of likely N-dealkylation sites (tertiary alicyclic amines) is 1. The molecule has 4 rings (SSSR count). The maximum Gasteiger partial charge on any atom is 0.425 e. The number of carboxylic acid groups (broad SMARTS) is 1. The van der Waals surface area contributed by atoms with Gasteiger partial charge in [0.15, 0.2) is 17.4 Å². The third-order valence-electron chi connectivity index (χ3n) is 6.05. The van der Waals surface area contributed by atoms with Gasteiger partial charge in [-0.15, -0.1) is 0 Å². The summed E-state index contributed by atoms with van der Waals surface area (Å²) in [6.07, 6.45) is -2.14. The van der Waals surface area contributed by atoms with Crippen molar-refractivity contribution in [3.63, 3.8) is 0 Å². The first-order valence-electron chi connectivity index (χ1n) is 13.1. The lowest BCUT2D eigenvalue weighted by molar-refractivity contribution is -0.165. The van der Waals surface area contributed by atoms with Crippen LogP contribution in [0.15, 0.2) is 53.1 Å². The van der Waals surface area contributed by atoms with Crippen LogP contribution < -0.4 is 10.2 Å². The number of imide groups is 2. The quantitative estimate of drug-likeness (QED) is 0.383. The van der Waals surface area contributed by atoms with Gasteiger partial charge in [0.2, 0.25) is 5.91 Å². The van der Waals surface area contributed by atoms with E-state index in [1.165, 1.54) is 12.1 Å². The van der Waals surface area contributed by atoms with E-state index in [9.17, 15) is 29.1 Å². The Hall–Kier alpha value is -4.94. The first-order chi connectivity index (χ1) is 19.6. The molecule has 2 N–H and O–H groups in total. The van der Waals surface area contributed by atoms with Gasteiger partial charge in [-0.05, 0) is 77.8 Å². The molecule has 1 aromatic heterocycles. The fraction of sp³-hybridized carbons (Fsp3) is 0.379. The Labute approximate surface area is 241 Å². The zero-order valence-electron chi connectivity index (χ0n) is 24.0. The normalized spacial score (nSPS) is 16.9. The monoisotopic (exact) mass is 580 g/mol. The van der Waals surface area contributed by atoms with E-state index in [1.807, 2.05) is 0 Å². The standard InChI is InChI=1S/C29H32N4O9/c1-28(2,3)40-26(38)33(27(39)41-29(4,5)6)22-18-14-16(12-13-20(18)42-31-22)15-19-21(24(35)36)32(23(19)34)25(37)30-17-10-8-7-9-11-17/h7-14,19,21H,15H2,1-6H3,(H,30,37)(H,35,36). The van der Waals surface area contributed by atoms with Gasteiger partial charge in [0.25, 0.3) is 0 Å². The Morgan fingerprint density at radius 2 is 1.57 bits per heavy atom. The van der Waals surface area contributed by atoms with Crippen molar-refractivity contribution in [2.45, 2.75) is 65.2 Å². The number of carboxylic acids is 1. The molecule has 1 saturated heterocycles. The van der Waals surface area contributed by atoms with Gasteiger partial charge in [0, 0.05) is 5.69 Å². The van der Waals surface area contributed by atoms with E-state index in [0.29, 0.717) is 21.1 Å². The number of hydrogen-bond acceptors (Lipinski definition) is 9. The second-order valence-corrected chi connectivity index (χ2v) is 11.7. The molecule has 2 unspecified atom stereocenters. The summed E-state index contributed by atoms with van der Waals surface area (Å²) in [7, 11) is 0. The summed E-state index contributed by atoms with van der Waals surface area (Å²) in [5.74, 6) is -3.24. The number of hydrogen-bond donors (Lipinski definition) is 2. The van der Waals surface area contributed by atoms with E-state index in [-0.39, 0.29) is 23.2 Å². The van der Waals surface area contributed by atoms with E-state index >= 15 is 0 Å². The van der Waals surface area contributed by atoms with Crippen molar-refractivity contribution in [1.29, 1.82) is 0 Å². The molecular weight excluding hydrogens is 548 g/mol. The van der Waals surface area contributed by atoms with Gasteiger partial charge in [0.05, 0.1) is 11.3 Å². The van der Waals surface area contributed by atoms with Crippen molar-refractivity contribution in [3.8, 4) is 0 Å². The van der Waals surface area contributed by atoms with E-state index in [2.05, 4.69) is 10.5 Å². The molecule has 42 heavy (non-hydrogen) atoms. The molecule has 1 aliphatic heterocycles. The molecule has 2 atom stereocenters. The topological polar surface area (TPSA) is 169 Å². The lowest BCUT2D eigenvalue weighted by atomic mass is 9.82. The largest absolute Gasteiger partial charge is 0.480 e. The van der Waals surface area contributed by atoms with Crippen LogP contribution in [0.4, 0.5) is 25.9 Å². The summed E-state index contributed by atoms with van der Waals surface area (Å²) in [5.41, 5.74) is -0.792. The van der Waals surface area contributed by atoms with Crippen LogP contribution in [-0.2, 0) is 25.5 Å². The van der Waals surface area contributed by atoms with Crippen LogP contribution in [0.3, 0.4) is 0 Å². The molecule has 0 radical (unpaired) electrons. The molecule has 1 aliphatic rings. The Bertz CT molecular complexity index is 1510. The highest BCUT2D eigenvalue weighted by atomic mass is 16.6. The second kappa shape index (κ2) is 11.1. The zero-order valence-corrected chi connectivity index (χ0v) is 24.0. The van der Waals surface area contributed by atoms with Gasteiger partial charge in [-0.3, -0.25) is 4.79 Å². The average Bonchev–Trinajstić information content (AvgIpc) is 3.26. The highest BCUT2D eigenvalue weighted by molar-refractivity contribution is 6.13. The van der Waals surface area contributed by atoms with E-state index in [4.69, 9.17) is 14.0 Å². The van der Waals surface area contributed by atoms with Crippen LogP contribution in [0.2, 0.25) is 0 Å². The van der Waals surface area contributed by atoms with Crippen LogP contribution in [0.5, 0.6) is 0 Å². The molecule has 222 valence electrons. The average molecular weight is 581 g/mol.